The zero-order valence-electron chi connectivity index (χ0n) is 28.7. The molecule has 0 fully saturated rings. The van der Waals surface area contributed by atoms with Crippen molar-refractivity contribution in [2.24, 2.45) is 0 Å². The molecule has 0 bridgehead atoms. The van der Waals surface area contributed by atoms with Gasteiger partial charge in [0.1, 0.15) is 11.2 Å². The zero-order chi connectivity index (χ0) is 34.9. The van der Waals surface area contributed by atoms with Crippen molar-refractivity contribution in [3.05, 3.63) is 188 Å². The van der Waals surface area contributed by atoms with E-state index in [9.17, 15) is 0 Å². The summed E-state index contributed by atoms with van der Waals surface area (Å²) in [5.41, 5.74) is 10.0. The standard InChI is InChI=1S/C50H31NOS/c1-2-13-35-31-36(26-25-32(35)11-1)33-27-29-37(30-28-33)51(43-20-10-23-46-49(43)41-16-5-6-22-45(41)52-46)44-21-8-19-42-48-40(18-9-24-47(48)53-50(42)44)39-17-7-14-34-12-3-4-15-38(34)39/h1-31H. The lowest BCUT2D eigenvalue weighted by molar-refractivity contribution is 0.669. The third-order valence-corrected chi connectivity index (χ3v) is 11.8. The lowest BCUT2D eigenvalue weighted by Gasteiger charge is -2.27. The van der Waals surface area contributed by atoms with Crippen LogP contribution in [-0.4, -0.2) is 0 Å². The Morgan fingerprint density at radius 2 is 1.04 bits per heavy atom. The summed E-state index contributed by atoms with van der Waals surface area (Å²) >= 11 is 1.87. The molecule has 0 unspecified atom stereocenters. The van der Waals surface area contributed by atoms with Crippen molar-refractivity contribution in [2.75, 3.05) is 4.90 Å². The number of thiophene rings is 1. The van der Waals surface area contributed by atoms with Gasteiger partial charge in [0, 0.05) is 26.5 Å². The predicted molar refractivity (Wildman–Crippen MR) is 227 cm³/mol. The highest BCUT2D eigenvalue weighted by molar-refractivity contribution is 7.26. The minimum absolute atomic E-state index is 0.878. The fourth-order valence-corrected chi connectivity index (χ4v) is 9.45. The van der Waals surface area contributed by atoms with E-state index in [0.717, 1.165) is 39.0 Å². The normalized spacial score (nSPS) is 11.8. The molecule has 2 aromatic heterocycles. The Labute approximate surface area is 310 Å². The first-order chi connectivity index (χ1) is 26.3. The van der Waals surface area contributed by atoms with Gasteiger partial charge in [-0.05, 0) is 92.3 Å². The van der Waals surface area contributed by atoms with E-state index in [1.54, 1.807) is 0 Å². The van der Waals surface area contributed by atoms with E-state index in [0.29, 0.717) is 0 Å². The highest BCUT2D eigenvalue weighted by atomic mass is 32.1. The van der Waals surface area contributed by atoms with Crippen molar-refractivity contribution in [2.45, 2.75) is 0 Å². The van der Waals surface area contributed by atoms with E-state index in [-0.39, 0.29) is 0 Å². The summed E-state index contributed by atoms with van der Waals surface area (Å²) in [6.45, 7) is 0. The first kappa shape index (κ1) is 30.0. The van der Waals surface area contributed by atoms with E-state index in [2.05, 4.69) is 187 Å². The molecule has 0 radical (unpaired) electrons. The van der Waals surface area contributed by atoms with Gasteiger partial charge in [0.25, 0.3) is 0 Å². The SMILES string of the molecule is c1ccc2cc(-c3ccc(N(c4cccc5c4sc4cccc(-c6cccc7ccccc67)c45)c4cccc5oc6ccccc6c45)cc3)ccc2c1. The summed E-state index contributed by atoms with van der Waals surface area (Å²) in [5, 5.41) is 9.78. The number of hydrogen-bond acceptors (Lipinski definition) is 3. The predicted octanol–water partition coefficient (Wildman–Crippen LogP) is 15.1. The van der Waals surface area contributed by atoms with Gasteiger partial charge in [0.15, 0.2) is 0 Å². The summed E-state index contributed by atoms with van der Waals surface area (Å²) < 4.78 is 8.96. The summed E-state index contributed by atoms with van der Waals surface area (Å²) in [5.74, 6) is 0. The molecule has 0 saturated carbocycles. The van der Waals surface area contributed by atoms with Crippen LogP contribution in [0.5, 0.6) is 0 Å². The lowest BCUT2D eigenvalue weighted by Crippen LogP contribution is -2.10. The molecule has 2 nitrogen and oxygen atoms in total. The highest BCUT2D eigenvalue weighted by Gasteiger charge is 2.23. The van der Waals surface area contributed by atoms with E-state index in [4.69, 9.17) is 4.42 Å². The Bertz CT molecular complexity index is 3180. The van der Waals surface area contributed by atoms with Gasteiger partial charge in [0.2, 0.25) is 0 Å². The molecule has 0 atom stereocenters. The second kappa shape index (κ2) is 11.9. The number of benzene rings is 9. The molecular weight excluding hydrogens is 663 g/mol. The fraction of sp³-hybridized carbons (Fsp3) is 0. The van der Waals surface area contributed by atoms with Crippen molar-refractivity contribution in [1.29, 1.82) is 0 Å². The largest absolute Gasteiger partial charge is 0.456 e. The number of rotatable bonds is 5. The molecule has 0 spiro atoms. The number of hydrogen-bond donors (Lipinski definition) is 0. The third-order valence-electron chi connectivity index (χ3n) is 10.7. The molecule has 0 aliphatic rings. The van der Waals surface area contributed by atoms with Crippen molar-refractivity contribution in [1.82, 2.24) is 0 Å². The Balaban J connectivity index is 1.15. The first-order valence-corrected chi connectivity index (χ1v) is 18.8. The molecule has 11 aromatic rings. The first-order valence-electron chi connectivity index (χ1n) is 18.0. The Morgan fingerprint density at radius 3 is 1.94 bits per heavy atom. The molecule has 0 N–H and O–H groups in total. The van der Waals surface area contributed by atoms with Gasteiger partial charge in [-0.1, -0.05) is 140 Å². The van der Waals surface area contributed by atoms with Crippen molar-refractivity contribution in [3.8, 4) is 22.3 Å². The van der Waals surface area contributed by atoms with E-state index in [1.807, 2.05) is 17.4 Å². The van der Waals surface area contributed by atoms with Crippen LogP contribution in [0.3, 0.4) is 0 Å². The number of anilines is 3. The molecule has 11 rings (SSSR count). The van der Waals surface area contributed by atoms with Crippen molar-refractivity contribution < 1.29 is 4.42 Å². The number of nitrogens with zero attached hydrogens (tertiary/aromatic N) is 1. The Morgan fingerprint density at radius 1 is 0.396 bits per heavy atom. The summed E-state index contributed by atoms with van der Waals surface area (Å²) in [7, 11) is 0. The minimum Gasteiger partial charge on any atom is -0.456 e. The summed E-state index contributed by atoms with van der Waals surface area (Å²) in [6.07, 6.45) is 0. The average Bonchev–Trinajstić information content (AvgIpc) is 3.80. The van der Waals surface area contributed by atoms with Crippen LogP contribution in [0, 0.1) is 0 Å². The van der Waals surface area contributed by atoms with E-state index < -0.39 is 0 Å². The van der Waals surface area contributed by atoms with Crippen LogP contribution in [-0.2, 0) is 0 Å². The van der Waals surface area contributed by atoms with Crippen LogP contribution in [0.4, 0.5) is 17.1 Å². The summed E-state index contributed by atoms with van der Waals surface area (Å²) in [6, 6.07) is 68.0. The topological polar surface area (TPSA) is 16.4 Å². The third kappa shape index (κ3) is 4.78. The van der Waals surface area contributed by atoms with Gasteiger partial charge in [0.05, 0.1) is 21.5 Å². The van der Waals surface area contributed by atoms with Crippen LogP contribution in [0.25, 0.3) is 85.9 Å². The number of fused-ring (bicyclic) bond motifs is 8. The molecule has 3 heteroatoms. The summed E-state index contributed by atoms with van der Waals surface area (Å²) in [4.78, 5) is 2.43. The quantitative estimate of drug-likeness (QED) is 0.178. The van der Waals surface area contributed by atoms with Gasteiger partial charge >= 0.3 is 0 Å². The van der Waals surface area contributed by atoms with Gasteiger partial charge < -0.3 is 9.32 Å². The van der Waals surface area contributed by atoms with E-state index in [1.165, 1.54) is 64.0 Å². The molecule has 0 saturated heterocycles. The van der Waals surface area contributed by atoms with Gasteiger partial charge in [-0.15, -0.1) is 11.3 Å². The number of para-hydroxylation sites is 1. The zero-order valence-corrected chi connectivity index (χ0v) is 29.5. The van der Waals surface area contributed by atoms with Crippen LogP contribution in [0.15, 0.2) is 192 Å². The van der Waals surface area contributed by atoms with Gasteiger partial charge in [-0.2, -0.15) is 0 Å². The molecule has 0 amide bonds. The van der Waals surface area contributed by atoms with Gasteiger partial charge in [-0.25, -0.2) is 0 Å². The molecule has 0 aliphatic carbocycles. The molecule has 2 heterocycles. The maximum absolute atomic E-state index is 6.44. The second-order valence-corrected chi connectivity index (χ2v) is 14.7. The van der Waals surface area contributed by atoms with Crippen LogP contribution in [0.1, 0.15) is 0 Å². The molecule has 9 aromatic carbocycles. The monoisotopic (exact) mass is 693 g/mol. The maximum atomic E-state index is 6.44. The average molecular weight is 694 g/mol. The molecule has 0 aliphatic heterocycles. The number of furan rings is 1. The van der Waals surface area contributed by atoms with Crippen LogP contribution in [0.2, 0.25) is 0 Å². The lowest BCUT2D eigenvalue weighted by atomic mass is 9.94. The molecule has 53 heavy (non-hydrogen) atoms. The molecular formula is C50H31NOS. The fourth-order valence-electron chi connectivity index (χ4n) is 8.22. The van der Waals surface area contributed by atoms with Crippen LogP contribution >= 0.6 is 11.3 Å². The van der Waals surface area contributed by atoms with Crippen molar-refractivity contribution in [3.63, 3.8) is 0 Å². The molecule has 248 valence electrons. The Hall–Kier alpha value is -6.68. The maximum Gasteiger partial charge on any atom is 0.137 e. The van der Waals surface area contributed by atoms with Crippen molar-refractivity contribution >= 4 is 92.1 Å². The van der Waals surface area contributed by atoms with Gasteiger partial charge in [-0.3, -0.25) is 0 Å². The highest BCUT2D eigenvalue weighted by Crippen LogP contribution is 2.50. The second-order valence-electron chi connectivity index (χ2n) is 13.7. The smallest absolute Gasteiger partial charge is 0.137 e. The van der Waals surface area contributed by atoms with E-state index >= 15 is 0 Å². The minimum atomic E-state index is 0.878. The van der Waals surface area contributed by atoms with Crippen LogP contribution < -0.4 is 4.90 Å². The Kier molecular flexibility index (Phi) is 6.76.